The molecular formula is C23H31N3O2. The predicted octanol–water partition coefficient (Wildman–Crippen LogP) is 3.90. The third-order valence-electron chi connectivity index (χ3n) is 4.84. The molecule has 1 N–H and O–H groups in total. The van der Waals surface area contributed by atoms with E-state index in [-0.39, 0.29) is 18.2 Å². The largest absolute Gasteiger partial charge is 0.372 e. The Morgan fingerprint density at radius 3 is 2.00 bits per heavy atom. The van der Waals surface area contributed by atoms with Crippen molar-refractivity contribution in [3.63, 3.8) is 0 Å². The second-order valence-corrected chi connectivity index (χ2v) is 6.87. The van der Waals surface area contributed by atoms with Gasteiger partial charge in [0.05, 0.1) is 0 Å². The average molecular weight is 382 g/mol. The minimum Gasteiger partial charge on any atom is -0.372 e. The Morgan fingerprint density at radius 1 is 0.893 bits per heavy atom. The van der Waals surface area contributed by atoms with Crippen molar-refractivity contribution >= 4 is 23.2 Å². The zero-order valence-electron chi connectivity index (χ0n) is 17.4. The van der Waals surface area contributed by atoms with Gasteiger partial charge in [-0.05, 0) is 50.6 Å². The minimum absolute atomic E-state index is 0.0633. The molecule has 2 aromatic rings. The number of rotatable bonds is 9. The maximum Gasteiger partial charge on any atom is 0.223 e. The van der Waals surface area contributed by atoms with Crippen molar-refractivity contribution in [1.82, 2.24) is 5.32 Å². The molecule has 2 aromatic carbocycles. The fraction of sp³-hybridized carbons (Fsp3) is 0.391. The SMILES string of the molecule is CCN(CC)c1ccc(N(CCC(=O)NCc2ccc(C)cc2)C(C)=O)cc1. The third-order valence-corrected chi connectivity index (χ3v) is 4.84. The van der Waals surface area contributed by atoms with Gasteiger partial charge in [-0.25, -0.2) is 0 Å². The fourth-order valence-corrected chi connectivity index (χ4v) is 3.11. The molecule has 0 aromatic heterocycles. The second-order valence-electron chi connectivity index (χ2n) is 6.87. The van der Waals surface area contributed by atoms with Crippen LogP contribution in [0.15, 0.2) is 48.5 Å². The summed E-state index contributed by atoms with van der Waals surface area (Å²) in [5.74, 6) is -0.131. The Labute approximate surface area is 168 Å². The lowest BCUT2D eigenvalue weighted by Crippen LogP contribution is -2.33. The number of amides is 2. The molecule has 5 nitrogen and oxygen atoms in total. The van der Waals surface area contributed by atoms with Crippen molar-refractivity contribution in [3.05, 3.63) is 59.7 Å². The van der Waals surface area contributed by atoms with E-state index in [0.717, 1.165) is 30.0 Å². The van der Waals surface area contributed by atoms with E-state index in [9.17, 15) is 9.59 Å². The smallest absolute Gasteiger partial charge is 0.223 e. The highest BCUT2D eigenvalue weighted by Gasteiger charge is 2.14. The van der Waals surface area contributed by atoms with Crippen LogP contribution in [0.4, 0.5) is 11.4 Å². The Morgan fingerprint density at radius 2 is 1.46 bits per heavy atom. The van der Waals surface area contributed by atoms with Crippen LogP contribution in [0, 0.1) is 6.92 Å². The molecule has 2 amide bonds. The Bertz CT molecular complexity index is 765. The van der Waals surface area contributed by atoms with Crippen LogP contribution in [0.5, 0.6) is 0 Å². The van der Waals surface area contributed by atoms with Crippen molar-refractivity contribution in [1.29, 1.82) is 0 Å². The van der Waals surface area contributed by atoms with Crippen LogP contribution in [-0.2, 0) is 16.1 Å². The van der Waals surface area contributed by atoms with E-state index in [1.807, 2.05) is 55.5 Å². The summed E-state index contributed by atoms with van der Waals surface area (Å²) in [4.78, 5) is 28.2. The quantitative estimate of drug-likeness (QED) is 0.717. The summed E-state index contributed by atoms with van der Waals surface area (Å²) < 4.78 is 0. The van der Waals surface area contributed by atoms with E-state index in [1.54, 1.807) is 4.90 Å². The van der Waals surface area contributed by atoms with Gasteiger partial charge in [0.1, 0.15) is 0 Å². The summed E-state index contributed by atoms with van der Waals surface area (Å²) in [6.07, 6.45) is 0.267. The summed E-state index contributed by atoms with van der Waals surface area (Å²) in [6, 6.07) is 16.0. The number of nitrogens with one attached hydrogen (secondary N) is 1. The zero-order chi connectivity index (χ0) is 20.5. The number of hydrogen-bond acceptors (Lipinski definition) is 3. The lowest BCUT2D eigenvalue weighted by atomic mass is 10.1. The highest BCUT2D eigenvalue weighted by atomic mass is 16.2. The van der Waals surface area contributed by atoms with Crippen LogP contribution in [0.2, 0.25) is 0 Å². The van der Waals surface area contributed by atoms with Gasteiger partial charge in [-0.1, -0.05) is 29.8 Å². The van der Waals surface area contributed by atoms with Gasteiger partial charge in [0, 0.05) is 50.9 Å². The van der Waals surface area contributed by atoms with Gasteiger partial charge >= 0.3 is 0 Å². The Hall–Kier alpha value is -2.82. The number of hydrogen-bond donors (Lipinski definition) is 1. The molecule has 0 aliphatic carbocycles. The summed E-state index contributed by atoms with van der Waals surface area (Å²) in [5.41, 5.74) is 4.20. The van der Waals surface area contributed by atoms with Crippen LogP contribution >= 0.6 is 0 Å². The van der Waals surface area contributed by atoms with Gasteiger partial charge in [-0.2, -0.15) is 0 Å². The molecule has 0 atom stereocenters. The first-order chi connectivity index (χ1) is 13.4. The molecule has 0 spiro atoms. The first-order valence-corrected chi connectivity index (χ1v) is 9.90. The molecule has 150 valence electrons. The molecule has 5 heteroatoms. The average Bonchev–Trinajstić information content (AvgIpc) is 2.69. The number of carbonyl (C=O) groups excluding carboxylic acids is 2. The molecule has 0 radical (unpaired) electrons. The van der Waals surface area contributed by atoms with Crippen molar-refractivity contribution in [2.45, 2.75) is 40.7 Å². The molecule has 0 aliphatic heterocycles. The second kappa shape index (κ2) is 10.5. The Balaban J connectivity index is 1.92. The topological polar surface area (TPSA) is 52.6 Å². The van der Waals surface area contributed by atoms with Crippen LogP contribution in [0.1, 0.15) is 38.3 Å². The van der Waals surface area contributed by atoms with E-state index in [2.05, 4.69) is 24.1 Å². The number of nitrogens with zero attached hydrogens (tertiary/aromatic N) is 2. The molecule has 0 bridgehead atoms. The molecule has 0 aliphatic rings. The van der Waals surface area contributed by atoms with E-state index < -0.39 is 0 Å². The van der Waals surface area contributed by atoms with Crippen LogP contribution in [-0.4, -0.2) is 31.4 Å². The number of carbonyl (C=O) groups is 2. The first-order valence-electron chi connectivity index (χ1n) is 9.90. The monoisotopic (exact) mass is 381 g/mol. The summed E-state index contributed by atoms with van der Waals surface area (Å²) in [7, 11) is 0. The molecule has 28 heavy (non-hydrogen) atoms. The summed E-state index contributed by atoms with van der Waals surface area (Å²) in [6.45, 7) is 10.5. The van der Waals surface area contributed by atoms with Crippen molar-refractivity contribution in [3.8, 4) is 0 Å². The summed E-state index contributed by atoms with van der Waals surface area (Å²) in [5, 5.41) is 2.92. The maximum atomic E-state index is 12.2. The molecule has 0 unspecified atom stereocenters. The van der Waals surface area contributed by atoms with E-state index >= 15 is 0 Å². The molecule has 2 rings (SSSR count). The van der Waals surface area contributed by atoms with E-state index in [0.29, 0.717) is 13.1 Å². The third kappa shape index (κ3) is 6.12. The standard InChI is InChI=1S/C23H31N3O2/c1-5-25(6-2)21-11-13-22(14-12-21)26(19(4)27)16-15-23(28)24-17-20-9-7-18(3)8-10-20/h7-14H,5-6,15-17H2,1-4H3,(H,24,28). The van der Waals surface area contributed by atoms with E-state index in [1.165, 1.54) is 12.5 Å². The molecule has 0 fully saturated rings. The summed E-state index contributed by atoms with van der Waals surface area (Å²) >= 11 is 0. The van der Waals surface area contributed by atoms with Gasteiger partial charge in [-0.15, -0.1) is 0 Å². The molecule has 0 saturated carbocycles. The van der Waals surface area contributed by atoms with Gasteiger partial charge < -0.3 is 15.1 Å². The van der Waals surface area contributed by atoms with Crippen LogP contribution in [0.3, 0.4) is 0 Å². The fourth-order valence-electron chi connectivity index (χ4n) is 3.11. The Kier molecular flexibility index (Phi) is 8.05. The van der Waals surface area contributed by atoms with Crippen LogP contribution < -0.4 is 15.1 Å². The zero-order valence-corrected chi connectivity index (χ0v) is 17.4. The number of aryl methyl sites for hydroxylation is 1. The normalized spacial score (nSPS) is 10.4. The molecule has 0 saturated heterocycles. The van der Waals surface area contributed by atoms with Gasteiger partial charge in [0.2, 0.25) is 11.8 Å². The lowest BCUT2D eigenvalue weighted by molar-refractivity contribution is -0.121. The van der Waals surface area contributed by atoms with E-state index in [4.69, 9.17) is 0 Å². The van der Waals surface area contributed by atoms with Gasteiger partial charge in [-0.3, -0.25) is 9.59 Å². The highest BCUT2D eigenvalue weighted by molar-refractivity contribution is 5.92. The van der Waals surface area contributed by atoms with Crippen molar-refractivity contribution in [2.75, 3.05) is 29.4 Å². The minimum atomic E-state index is -0.0677. The molecule has 0 heterocycles. The van der Waals surface area contributed by atoms with Crippen molar-refractivity contribution in [2.24, 2.45) is 0 Å². The predicted molar refractivity (Wildman–Crippen MR) is 116 cm³/mol. The van der Waals surface area contributed by atoms with Gasteiger partial charge in [0.15, 0.2) is 0 Å². The maximum absolute atomic E-state index is 12.2. The van der Waals surface area contributed by atoms with Gasteiger partial charge in [0.25, 0.3) is 0 Å². The number of anilines is 2. The lowest BCUT2D eigenvalue weighted by Gasteiger charge is -2.24. The first kappa shape index (κ1) is 21.5. The highest BCUT2D eigenvalue weighted by Crippen LogP contribution is 2.21. The van der Waals surface area contributed by atoms with Crippen LogP contribution in [0.25, 0.3) is 0 Å². The van der Waals surface area contributed by atoms with Crippen molar-refractivity contribution < 1.29 is 9.59 Å². The molecular weight excluding hydrogens is 350 g/mol. The number of benzene rings is 2.